The topological polar surface area (TPSA) is 79.0 Å². The molecule has 2 aromatic rings. The largest absolute Gasteiger partial charge is 0.371 e. The van der Waals surface area contributed by atoms with Gasteiger partial charge < -0.3 is 10.1 Å². The lowest BCUT2D eigenvalue weighted by Crippen LogP contribution is -2.64. The number of carbonyl (C=O) groups is 1. The standard InChI is InChI=1S/C28H38FN3O4S/c1-20(2)14-24-17-36-28(19-32(24)37(34,35)25-10-6-21(3)7-11-25)12-5-13-31(18-28)16-27(33)30-26-15-23(29)9-8-22(26)4/h6-11,15,20,24H,5,12-14,16-19H2,1-4H3,(H,30,33)/t24-,28?/m0/s1. The SMILES string of the molecule is Cc1ccc(S(=O)(=O)N2CC3(CCCN(CC(=O)Nc4cc(F)ccc4C)C3)OC[C@@H]2CC(C)C)cc1. The summed E-state index contributed by atoms with van der Waals surface area (Å²) in [5.74, 6) is -0.321. The Hall–Kier alpha value is -2.33. The van der Waals surface area contributed by atoms with Crippen LogP contribution in [0, 0.1) is 25.6 Å². The molecule has 4 rings (SSSR count). The highest BCUT2D eigenvalue weighted by atomic mass is 32.2. The molecule has 2 aliphatic rings. The number of piperidine rings is 1. The van der Waals surface area contributed by atoms with Crippen LogP contribution in [-0.2, 0) is 19.6 Å². The number of morpholine rings is 1. The van der Waals surface area contributed by atoms with Crippen LogP contribution in [0.15, 0.2) is 47.4 Å². The van der Waals surface area contributed by atoms with E-state index >= 15 is 0 Å². The molecule has 2 aliphatic heterocycles. The summed E-state index contributed by atoms with van der Waals surface area (Å²) in [5.41, 5.74) is 1.57. The smallest absolute Gasteiger partial charge is 0.243 e. The second kappa shape index (κ2) is 11.2. The van der Waals surface area contributed by atoms with Crippen molar-refractivity contribution >= 4 is 21.6 Å². The third-order valence-electron chi connectivity index (χ3n) is 7.26. The number of sulfonamides is 1. The number of amides is 1. The predicted octanol–water partition coefficient (Wildman–Crippen LogP) is 4.35. The summed E-state index contributed by atoms with van der Waals surface area (Å²) in [7, 11) is -3.72. The van der Waals surface area contributed by atoms with Gasteiger partial charge in [0.15, 0.2) is 0 Å². The number of carbonyl (C=O) groups excluding carboxylic acids is 1. The van der Waals surface area contributed by atoms with Gasteiger partial charge in [-0.3, -0.25) is 9.69 Å². The van der Waals surface area contributed by atoms with Crippen LogP contribution in [0.1, 0.15) is 44.2 Å². The molecule has 2 saturated heterocycles. The van der Waals surface area contributed by atoms with Crippen molar-refractivity contribution in [3.63, 3.8) is 0 Å². The first-order chi connectivity index (χ1) is 17.5. The molecule has 1 N–H and O–H groups in total. The lowest BCUT2D eigenvalue weighted by Gasteiger charge is -2.50. The van der Waals surface area contributed by atoms with Gasteiger partial charge in [-0.2, -0.15) is 4.31 Å². The van der Waals surface area contributed by atoms with Crippen molar-refractivity contribution in [3.8, 4) is 0 Å². The molecule has 202 valence electrons. The van der Waals surface area contributed by atoms with Crippen molar-refractivity contribution in [3.05, 3.63) is 59.4 Å². The zero-order valence-electron chi connectivity index (χ0n) is 22.2. The van der Waals surface area contributed by atoms with Gasteiger partial charge in [-0.15, -0.1) is 0 Å². The van der Waals surface area contributed by atoms with E-state index in [1.165, 1.54) is 12.1 Å². The van der Waals surface area contributed by atoms with Crippen molar-refractivity contribution in [1.29, 1.82) is 0 Å². The van der Waals surface area contributed by atoms with E-state index in [0.29, 0.717) is 42.6 Å². The molecule has 7 nitrogen and oxygen atoms in total. The Labute approximate surface area is 220 Å². The maximum Gasteiger partial charge on any atom is 0.243 e. The second-order valence-corrected chi connectivity index (χ2v) is 12.9. The molecule has 2 heterocycles. The van der Waals surface area contributed by atoms with Crippen LogP contribution in [0.3, 0.4) is 0 Å². The van der Waals surface area contributed by atoms with E-state index in [9.17, 15) is 17.6 Å². The minimum absolute atomic E-state index is 0.126. The Bertz CT molecular complexity index is 1220. The number of hydrogen-bond acceptors (Lipinski definition) is 5. The van der Waals surface area contributed by atoms with Crippen molar-refractivity contribution in [2.75, 3.05) is 38.1 Å². The summed E-state index contributed by atoms with van der Waals surface area (Å²) in [6.45, 7) is 9.79. The summed E-state index contributed by atoms with van der Waals surface area (Å²) < 4.78 is 49.3. The lowest BCUT2D eigenvalue weighted by molar-refractivity contribution is -0.146. The monoisotopic (exact) mass is 531 g/mol. The number of ether oxygens (including phenoxy) is 1. The third kappa shape index (κ3) is 6.57. The number of likely N-dealkylation sites (tertiary alicyclic amines) is 1. The van der Waals surface area contributed by atoms with Crippen molar-refractivity contribution in [2.45, 2.75) is 63.5 Å². The number of benzene rings is 2. The minimum Gasteiger partial charge on any atom is -0.371 e. The van der Waals surface area contributed by atoms with E-state index in [4.69, 9.17) is 4.74 Å². The first-order valence-electron chi connectivity index (χ1n) is 13.0. The van der Waals surface area contributed by atoms with Crippen LogP contribution in [0.2, 0.25) is 0 Å². The van der Waals surface area contributed by atoms with Gasteiger partial charge in [0.05, 0.1) is 23.6 Å². The highest BCUT2D eigenvalue weighted by Crippen LogP contribution is 2.35. The van der Waals surface area contributed by atoms with Gasteiger partial charge in [0.2, 0.25) is 15.9 Å². The highest BCUT2D eigenvalue weighted by Gasteiger charge is 2.47. The maximum absolute atomic E-state index is 13.8. The van der Waals surface area contributed by atoms with E-state index in [1.54, 1.807) is 22.5 Å². The van der Waals surface area contributed by atoms with Gasteiger partial charge in [0, 0.05) is 24.8 Å². The summed E-state index contributed by atoms with van der Waals surface area (Å²) in [6.07, 6.45) is 2.22. The average molecular weight is 532 g/mol. The van der Waals surface area contributed by atoms with Crippen molar-refractivity contribution < 1.29 is 22.3 Å². The molecule has 0 bridgehead atoms. The molecule has 0 saturated carbocycles. The number of aryl methyl sites for hydroxylation is 2. The van der Waals surface area contributed by atoms with Crippen LogP contribution < -0.4 is 5.32 Å². The number of halogens is 1. The molecular formula is C28H38FN3O4S. The predicted molar refractivity (Wildman–Crippen MR) is 142 cm³/mol. The van der Waals surface area contributed by atoms with E-state index in [-0.39, 0.29) is 25.0 Å². The molecule has 2 fully saturated rings. The average Bonchev–Trinajstić information content (AvgIpc) is 2.83. The van der Waals surface area contributed by atoms with Gasteiger partial charge >= 0.3 is 0 Å². The molecule has 2 atom stereocenters. The number of nitrogens with one attached hydrogen (secondary N) is 1. The van der Waals surface area contributed by atoms with Crippen molar-refractivity contribution in [2.24, 2.45) is 5.92 Å². The third-order valence-corrected chi connectivity index (χ3v) is 9.18. The van der Waals surface area contributed by atoms with Gasteiger partial charge in [0.25, 0.3) is 0 Å². The van der Waals surface area contributed by atoms with Crippen LogP contribution in [0.4, 0.5) is 10.1 Å². The Morgan fingerprint density at radius 2 is 1.89 bits per heavy atom. The van der Waals surface area contributed by atoms with E-state index in [0.717, 1.165) is 24.0 Å². The van der Waals surface area contributed by atoms with Crippen LogP contribution in [-0.4, -0.2) is 68.0 Å². The highest BCUT2D eigenvalue weighted by molar-refractivity contribution is 7.89. The fourth-order valence-corrected chi connectivity index (χ4v) is 7.06. The second-order valence-electron chi connectivity index (χ2n) is 11.0. The van der Waals surface area contributed by atoms with Gasteiger partial charge in [0.1, 0.15) is 5.82 Å². The minimum atomic E-state index is -3.72. The molecule has 0 aromatic heterocycles. The number of rotatable bonds is 7. The fourth-order valence-electron chi connectivity index (χ4n) is 5.37. The van der Waals surface area contributed by atoms with E-state index in [2.05, 4.69) is 19.2 Å². The van der Waals surface area contributed by atoms with Crippen molar-refractivity contribution in [1.82, 2.24) is 9.21 Å². The first-order valence-corrected chi connectivity index (χ1v) is 14.4. The maximum atomic E-state index is 13.8. The molecule has 9 heteroatoms. The Kier molecular flexibility index (Phi) is 8.38. The molecule has 0 aliphatic carbocycles. The van der Waals surface area contributed by atoms with Gasteiger partial charge in [-0.25, -0.2) is 12.8 Å². The van der Waals surface area contributed by atoms with Crippen LogP contribution >= 0.6 is 0 Å². The number of nitrogens with zero attached hydrogens (tertiary/aromatic N) is 2. The first kappa shape index (κ1) is 27.7. The molecule has 0 radical (unpaired) electrons. The van der Waals surface area contributed by atoms with Crippen LogP contribution in [0.25, 0.3) is 0 Å². The molecule has 1 spiro atoms. The van der Waals surface area contributed by atoms with Crippen LogP contribution in [0.5, 0.6) is 0 Å². The summed E-state index contributed by atoms with van der Waals surface area (Å²) in [4.78, 5) is 15.1. The Balaban J connectivity index is 1.51. The number of anilines is 1. The summed E-state index contributed by atoms with van der Waals surface area (Å²) in [6, 6.07) is 11.1. The van der Waals surface area contributed by atoms with Gasteiger partial charge in [-0.1, -0.05) is 37.6 Å². The molecular weight excluding hydrogens is 493 g/mol. The summed E-state index contributed by atoms with van der Waals surface area (Å²) in [5, 5.41) is 2.81. The fraction of sp³-hybridized carbons (Fsp3) is 0.536. The lowest BCUT2D eigenvalue weighted by atomic mass is 9.89. The Morgan fingerprint density at radius 1 is 1.16 bits per heavy atom. The quantitative estimate of drug-likeness (QED) is 0.575. The normalized spacial score (nSPS) is 23.5. The molecule has 1 unspecified atom stereocenters. The number of hydrogen-bond donors (Lipinski definition) is 1. The van der Waals surface area contributed by atoms with E-state index in [1.807, 2.05) is 30.9 Å². The van der Waals surface area contributed by atoms with E-state index < -0.39 is 21.4 Å². The zero-order valence-corrected chi connectivity index (χ0v) is 23.0. The molecule has 1 amide bonds. The van der Waals surface area contributed by atoms with Gasteiger partial charge in [-0.05, 0) is 75.4 Å². The molecule has 37 heavy (non-hydrogen) atoms. The zero-order chi connectivity index (χ0) is 26.8. The Morgan fingerprint density at radius 3 is 2.59 bits per heavy atom. The molecule has 2 aromatic carbocycles. The summed E-state index contributed by atoms with van der Waals surface area (Å²) >= 11 is 0.